The number of ether oxygens (including phenoxy) is 2. The Labute approximate surface area is 441 Å². The van der Waals surface area contributed by atoms with Gasteiger partial charge in [-0.3, -0.25) is 29.0 Å². The second-order valence-corrected chi connectivity index (χ2v) is 19.3. The molecule has 4 N–H and O–H groups in total. The van der Waals surface area contributed by atoms with E-state index in [1.54, 1.807) is 19.1 Å². The lowest BCUT2D eigenvalue weighted by Crippen LogP contribution is -2.62. The number of esters is 1. The predicted octanol–water partition coefficient (Wildman–Crippen LogP) is 6.38. The Bertz CT molecular complexity index is 2520. The van der Waals surface area contributed by atoms with Crippen LogP contribution in [-0.2, 0) is 59.3 Å². The van der Waals surface area contributed by atoms with Crippen LogP contribution in [0.25, 0.3) is 33.3 Å². The first-order chi connectivity index (χ1) is 31.5. The fourth-order valence-corrected chi connectivity index (χ4v) is 10.1. The second-order valence-electron chi connectivity index (χ2n) is 19.3. The van der Waals surface area contributed by atoms with Gasteiger partial charge in [-0.15, -0.1) is 0 Å². The molecule has 4 amide bonds. The van der Waals surface area contributed by atoms with E-state index in [9.17, 15) is 24.0 Å². The van der Waals surface area contributed by atoms with Crippen molar-refractivity contribution >= 4 is 100 Å². The molecule has 0 aliphatic carbocycles. The molecule has 3 aliphatic heterocycles. The number of nitrogens with one attached hydrogen (secondary N) is 2. The summed E-state index contributed by atoms with van der Waals surface area (Å²) in [7, 11) is 3.32. The summed E-state index contributed by atoms with van der Waals surface area (Å²) >= 11 is 0. The van der Waals surface area contributed by atoms with E-state index >= 15 is 0 Å². The molecule has 0 saturated carbocycles. The van der Waals surface area contributed by atoms with Crippen LogP contribution in [0.4, 0.5) is 5.69 Å². The third-order valence-electron chi connectivity index (χ3n) is 13.4. The average Bonchev–Trinajstić information content (AvgIpc) is 3.91. The molecule has 0 spiro atoms. The number of hydrazine groups is 1. The molecule has 6 bridgehead atoms. The highest BCUT2D eigenvalue weighted by Gasteiger charge is 2.40. The Kier molecular flexibility index (Phi) is 21.9. The highest BCUT2D eigenvalue weighted by molar-refractivity contribution is 7.59. The lowest BCUT2D eigenvalue weighted by molar-refractivity contribution is -0.155. The van der Waals surface area contributed by atoms with Crippen LogP contribution in [-0.4, -0.2) is 114 Å². The van der Waals surface area contributed by atoms with E-state index < -0.39 is 47.2 Å². The molecule has 1 aromatic heterocycles. The number of carbonyl (C=O) groups is 5. The van der Waals surface area contributed by atoms with Gasteiger partial charge < -0.3 is 34.9 Å². The van der Waals surface area contributed by atoms with Crippen molar-refractivity contribution in [2.75, 3.05) is 52.7 Å². The summed E-state index contributed by atoms with van der Waals surface area (Å²) in [5.41, 5.74) is 18.0. The number of hydrogen-bond donors (Lipinski definition) is 3. The number of carbonyl (C=O) groups excluding carboxylic acids is 5. The minimum atomic E-state index is -1.10. The first-order valence-corrected chi connectivity index (χ1v) is 23.4. The number of nitrogens with two attached hydrogens (primary N) is 1. The maximum Gasteiger partial charge on any atom is 0.324 e. The minimum absolute atomic E-state index is 0. The summed E-state index contributed by atoms with van der Waals surface area (Å²) in [5, 5.41) is 5.55. The summed E-state index contributed by atoms with van der Waals surface area (Å²) in [5.74, 6) is -2.66. The van der Waals surface area contributed by atoms with Gasteiger partial charge in [0.05, 0.1) is 24.8 Å². The van der Waals surface area contributed by atoms with Crippen molar-refractivity contribution in [3.8, 4) is 22.4 Å². The highest BCUT2D eigenvalue weighted by atomic mass is 32.1. The highest BCUT2D eigenvalue weighted by Crippen LogP contribution is 2.41. The van der Waals surface area contributed by atoms with Crippen molar-refractivity contribution < 1.29 is 33.4 Å². The fraction of sp³-hybridized carbons (Fsp3) is 0.481. The maximum absolute atomic E-state index is 14.7. The predicted molar refractivity (Wildman–Crippen MR) is 298 cm³/mol. The van der Waals surface area contributed by atoms with Crippen LogP contribution in [0, 0.1) is 17.3 Å². The van der Waals surface area contributed by atoms with Gasteiger partial charge in [-0.25, -0.2) is 5.43 Å². The van der Waals surface area contributed by atoms with Gasteiger partial charge in [0.2, 0.25) is 17.7 Å². The molecular formula is C52H75N7O7S4. The monoisotopic (exact) mass is 1040 g/mol. The SMILES string of the molecule is C=CC(=O)N1CC[C@H](C(=O)N(C)[C@H](C(=O)N[C@H]2Cc3cc(N)cc(c3)-c3ccc4c(c3)c(c(-c3ccccc3CCOC)n4CC)CC(C)(C)COC(=O)[C@@H]3CCCN(N3)C2=O)C(C)C)C1.S.S.S.S. The number of nitrogens with zero attached hydrogens (tertiary/aromatic N) is 4. The molecule has 384 valence electrons. The average molecular weight is 1040 g/mol. The summed E-state index contributed by atoms with van der Waals surface area (Å²) < 4.78 is 14.0. The normalized spacial score (nSPS) is 19.3. The van der Waals surface area contributed by atoms with Crippen LogP contribution in [0.1, 0.15) is 70.6 Å². The summed E-state index contributed by atoms with van der Waals surface area (Å²) in [6.07, 6.45) is 4.15. The van der Waals surface area contributed by atoms with Gasteiger partial charge in [-0.05, 0) is 103 Å². The molecule has 3 aromatic carbocycles. The number of hydrogen-bond acceptors (Lipinski definition) is 9. The number of aromatic nitrogens is 1. The molecule has 4 heterocycles. The molecule has 0 radical (unpaired) electrons. The van der Waals surface area contributed by atoms with Gasteiger partial charge in [0.15, 0.2) is 0 Å². The van der Waals surface area contributed by atoms with E-state index in [0.29, 0.717) is 51.1 Å². The number of methoxy groups -OCH3 is 1. The van der Waals surface area contributed by atoms with Gasteiger partial charge in [-0.1, -0.05) is 70.7 Å². The van der Waals surface area contributed by atoms with Crippen molar-refractivity contribution in [1.29, 1.82) is 0 Å². The zero-order valence-corrected chi connectivity index (χ0v) is 45.7. The van der Waals surface area contributed by atoms with Crippen molar-refractivity contribution in [3.05, 3.63) is 90.0 Å². The van der Waals surface area contributed by atoms with Crippen LogP contribution in [0.2, 0.25) is 0 Å². The van der Waals surface area contributed by atoms with E-state index in [-0.39, 0.29) is 91.3 Å². The Morgan fingerprint density at radius 2 is 1.74 bits per heavy atom. The van der Waals surface area contributed by atoms with Gasteiger partial charge in [0.1, 0.15) is 18.1 Å². The molecule has 18 heteroatoms. The Morgan fingerprint density at radius 1 is 1.01 bits per heavy atom. The number of amides is 4. The third kappa shape index (κ3) is 13.1. The number of aryl methyl sites for hydroxylation is 1. The molecule has 70 heavy (non-hydrogen) atoms. The molecule has 14 nitrogen and oxygen atoms in total. The van der Waals surface area contributed by atoms with Gasteiger partial charge in [0.25, 0.3) is 5.91 Å². The van der Waals surface area contributed by atoms with Gasteiger partial charge in [0, 0.05) is 74.3 Å². The molecule has 2 saturated heterocycles. The van der Waals surface area contributed by atoms with E-state index in [2.05, 4.69) is 85.1 Å². The largest absolute Gasteiger partial charge is 0.464 e. The van der Waals surface area contributed by atoms with E-state index in [1.165, 1.54) is 21.5 Å². The number of nitrogen functional groups attached to an aromatic ring is 1. The number of anilines is 1. The molecule has 4 aromatic rings. The third-order valence-corrected chi connectivity index (χ3v) is 13.4. The number of cyclic esters (lactones) is 1. The zero-order chi connectivity index (χ0) is 47.4. The molecule has 7 rings (SSSR count). The number of benzene rings is 3. The van der Waals surface area contributed by atoms with Gasteiger partial charge >= 0.3 is 5.97 Å². The lowest BCUT2D eigenvalue weighted by atomic mass is 9.83. The quantitative estimate of drug-likeness (QED) is 0.0877. The first kappa shape index (κ1) is 59.7. The molecule has 0 unspecified atom stereocenters. The molecule has 3 aliphatic rings. The minimum Gasteiger partial charge on any atom is -0.464 e. The van der Waals surface area contributed by atoms with E-state index in [4.69, 9.17) is 15.2 Å². The molecular weight excluding hydrogens is 963 g/mol. The van der Waals surface area contributed by atoms with E-state index in [0.717, 1.165) is 57.4 Å². The van der Waals surface area contributed by atoms with Crippen LogP contribution >= 0.6 is 54.0 Å². The smallest absolute Gasteiger partial charge is 0.324 e. The standard InChI is InChI=1S/C52H67N7O7.4H2S/c1-9-45(60)57-22-19-36(30-57)49(62)56(7)46(32(3)4)48(61)54-43-26-33-24-37(27-38(53)25-33)35-17-18-44-40(28-35)41(47(58(44)10-2)39-15-12-11-14-34(39)20-23-65-8)29-52(5,6)31-66-51(64)42-16-13-21-59(55-42)50(43)63;;;;/h9,11-12,14-15,17-18,24-25,27-28,32,36,42-43,46,55H,1,10,13,16,19-23,26,29-31,53H2,2-8H3,(H,54,61);4*1H2/t36-,42-,43-,46-;;;;/m0..../s1. The molecule has 4 atom stereocenters. The van der Waals surface area contributed by atoms with Gasteiger partial charge in [-0.2, -0.15) is 54.0 Å². The Hall–Kier alpha value is -4.59. The zero-order valence-electron chi connectivity index (χ0n) is 41.7. The summed E-state index contributed by atoms with van der Waals surface area (Å²) in [6, 6.07) is 17.9. The summed E-state index contributed by atoms with van der Waals surface area (Å²) in [6.45, 7) is 16.1. The number of rotatable bonds is 11. The second kappa shape index (κ2) is 25.7. The molecule has 2 fully saturated rings. The topological polar surface area (TPSA) is 169 Å². The number of fused-ring (bicyclic) bond motifs is 6. The lowest BCUT2D eigenvalue weighted by Gasteiger charge is -2.37. The van der Waals surface area contributed by atoms with Crippen molar-refractivity contribution in [2.45, 2.75) is 97.8 Å². The van der Waals surface area contributed by atoms with Crippen LogP contribution in [0.15, 0.2) is 73.3 Å². The van der Waals surface area contributed by atoms with E-state index in [1.807, 2.05) is 32.0 Å². The number of likely N-dealkylation sites (tertiary alicyclic amines) is 1. The van der Waals surface area contributed by atoms with Crippen molar-refractivity contribution in [2.24, 2.45) is 17.3 Å². The fourth-order valence-electron chi connectivity index (χ4n) is 10.1. The Morgan fingerprint density at radius 3 is 2.43 bits per heavy atom. The first-order valence-electron chi connectivity index (χ1n) is 23.4. The number of likely N-dealkylation sites (N-methyl/N-ethyl adjacent to an activating group) is 1. The van der Waals surface area contributed by atoms with Crippen molar-refractivity contribution in [3.63, 3.8) is 0 Å². The van der Waals surface area contributed by atoms with Crippen LogP contribution in [0.5, 0.6) is 0 Å². The summed E-state index contributed by atoms with van der Waals surface area (Å²) in [4.78, 5) is 72.5. The maximum atomic E-state index is 14.7. The van der Waals surface area contributed by atoms with Crippen LogP contribution < -0.4 is 16.5 Å². The Balaban J connectivity index is 0.00000324. The van der Waals surface area contributed by atoms with Crippen LogP contribution in [0.3, 0.4) is 0 Å². The van der Waals surface area contributed by atoms with Crippen molar-refractivity contribution in [1.82, 2.24) is 30.1 Å².